The summed E-state index contributed by atoms with van der Waals surface area (Å²) in [6, 6.07) is 40.1. The molecule has 0 aliphatic heterocycles. The lowest BCUT2D eigenvalue weighted by atomic mass is 9.84. The van der Waals surface area contributed by atoms with E-state index in [1.54, 1.807) is 24.3 Å². The maximum absolute atomic E-state index is 9.95. The van der Waals surface area contributed by atoms with E-state index in [0.717, 1.165) is 65.4 Å². The van der Waals surface area contributed by atoms with E-state index in [1.807, 2.05) is 72.8 Å². The van der Waals surface area contributed by atoms with E-state index < -0.39 is 30.2 Å². The fourth-order valence-electron chi connectivity index (χ4n) is 7.28. The summed E-state index contributed by atoms with van der Waals surface area (Å²) in [6.45, 7) is 0. The first-order valence-corrected chi connectivity index (χ1v) is 16.2. The van der Waals surface area contributed by atoms with Gasteiger partial charge in [-0.15, -0.1) is 0 Å². The van der Waals surface area contributed by atoms with Gasteiger partial charge in [0.1, 0.15) is 11.2 Å². The van der Waals surface area contributed by atoms with Crippen molar-refractivity contribution in [2.45, 2.75) is 0 Å². The summed E-state index contributed by atoms with van der Waals surface area (Å²) in [5, 5.41) is 7.51. The van der Waals surface area contributed by atoms with Gasteiger partial charge in [0.05, 0.1) is 11.0 Å². The van der Waals surface area contributed by atoms with Crippen LogP contribution in [0.2, 0.25) is 0 Å². The van der Waals surface area contributed by atoms with Crippen molar-refractivity contribution in [2.75, 3.05) is 0 Å². The van der Waals surface area contributed by atoms with Crippen LogP contribution in [0.15, 0.2) is 186 Å². The molecule has 9 aromatic carbocycles. The number of furan rings is 1. The Bertz CT molecular complexity index is 3250. The molecule has 10 rings (SSSR count). The van der Waals surface area contributed by atoms with Gasteiger partial charge in [0.15, 0.2) is 0 Å². The molecule has 1 heteroatoms. The molecule has 1 nitrogen and oxygen atoms in total. The van der Waals surface area contributed by atoms with Gasteiger partial charge in [-0.1, -0.05) is 158 Å². The molecule has 0 aliphatic rings. The van der Waals surface area contributed by atoms with Gasteiger partial charge < -0.3 is 4.42 Å². The fraction of sp³-hybridized carbons (Fsp3) is 0. The van der Waals surface area contributed by atoms with E-state index in [2.05, 4.69) is 36.4 Å². The second kappa shape index (κ2) is 11.1. The Balaban J connectivity index is 1.30. The molecule has 0 spiro atoms. The topological polar surface area (TPSA) is 13.1 Å². The molecule has 1 aromatic heterocycles. The average Bonchev–Trinajstić information content (AvgIpc) is 3.62. The minimum Gasteiger partial charge on any atom is -0.455 e. The molecule has 0 atom stereocenters. The zero-order valence-corrected chi connectivity index (χ0v) is 26.1. The third-order valence-electron chi connectivity index (χ3n) is 9.46. The molecule has 0 bridgehead atoms. The SMILES string of the molecule is [2H]c1c([2H])c([2H])c(-c2c([2H])c([2H])c(-c3c4ccccc4c(-c4ccc5oc6c7ccccc7ccc6c5c4)c4ccccc34)c([2H])c2-c2ccccc2)c([2H])c1[2H]. The molecule has 0 fully saturated rings. The van der Waals surface area contributed by atoms with Gasteiger partial charge in [-0.3, -0.25) is 0 Å². The smallest absolute Gasteiger partial charge is 0.143 e. The van der Waals surface area contributed by atoms with Crippen LogP contribution in [-0.4, -0.2) is 0 Å². The minimum absolute atomic E-state index is 0.0457. The summed E-state index contributed by atoms with van der Waals surface area (Å²) in [5.74, 6) is 0. The van der Waals surface area contributed by atoms with Gasteiger partial charge in [-0.2, -0.15) is 0 Å². The predicted molar refractivity (Wildman–Crippen MR) is 208 cm³/mol. The quantitative estimate of drug-likeness (QED) is 0.176. The van der Waals surface area contributed by atoms with Gasteiger partial charge in [-0.25, -0.2) is 0 Å². The highest BCUT2D eigenvalue weighted by molar-refractivity contribution is 6.23. The average molecular weight is 631 g/mol. The standard InChI is InChI=1S/C48H30O/c1-3-13-31(14-4-1)36-26-24-34(29-43(36)32-15-5-2-6-16-32)46-38-19-9-11-21-40(38)47(41-22-12-10-20-39(41)46)35-25-28-45-44(30-35)42-27-23-33-17-7-8-18-37(33)48(42)49-45/h1-30H/i1D,3D,4D,13D,14D,24D,26D,29D. The Labute approximate surface area is 295 Å². The van der Waals surface area contributed by atoms with Crippen molar-refractivity contribution in [1.29, 1.82) is 0 Å². The molecule has 10 aromatic rings. The number of benzene rings is 9. The Kier molecular flexibility index (Phi) is 4.69. The molecule has 0 N–H and O–H groups in total. The summed E-state index contributed by atoms with van der Waals surface area (Å²) in [5.41, 5.74) is 4.88. The fourth-order valence-corrected chi connectivity index (χ4v) is 7.28. The normalized spacial score (nSPS) is 14.0. The van der Waals surface area contributed by atoms with E-state index in [0.29, 0.717) is 11.1 Å². The van der Waals surface area contributed by atoms with E-state index in [9.17, 15) is 4.11 Å². The van der Waals surface area contributed by atoms with Gasteiger partial charge in [0.25, 0.3) is 0 Å². The van der Waals surface area contributed by atoms with Crippen LogP contribution in [0.3, 0.4) is 0 Å². The van der Waals surface area contributed by atoms with Crippen LogP contribution in [0.5, 0.6) is 0 Å². The van der Waals surface area contributed by atoms with Crippen molar-refractivity contribution >= 4 is 54.3 Å². The zero-order valence-electron chi connectivity index (χ0n) is 34.1. The maximum atomic E-state index is 9.95. The number of hydrogen-bond donors (Lipinski definition) is 0. The van der Waals surface area contributed by atoms with Crippen LogP contribution < -0.4 is 0 Å². The van der Waals surface area contributed by atoms with Gasteiger partial charge >= 0.3 is 0 Å². The molecule has 0 saturated heterocycles. The lowest BCUT2D eigenvalue weighted by Gasteiger charge is -2.19. The van der Waals surface area contributed by atoms with Crippen molar-refractivity contribution in [3.63, 3.8) is 0 Å². The first-order chi connectivity index (χ1) is 27.7. The van der Waals surface area contributed by atoms with Crippen molar-refractivity contribution in [3.05, 3.63) is 182 Å². The predicted octanol–water partition coefficient (Wildman–Crippen LogP) is 13.7. The molecule has 0 unspecified atom stereocenters. The summed E-state index contributed by atoms with van der Waals surface area (Å²) in [4.78, 5) is 0. The Morgan fingerprint density at radius 3 is 1.73 bits per heavy atom. The molecule has 0 saturated carbocycles. The van der Waals surface area contributed by atoms with Crippen molar-refractivity contribution in [2.24, 2.45) is 0 Å². The highest BCUT2D eigenvalue weighted by Gasteiger charge is 2.19. The minimum atomic E-state index is -0.554. The number of fused-ring (bicyclic) bond motifs is 7. The highest BCUT2D eigenvalue weighted by Crippen LogP contribution is 2.46. The van der Waals surface area contributed by atoms with E-state index in [-0.39, 0.29) is 40.4 Å². The van der Waals surface area contributed by atoms with Gasteiger partial charge in [0, 0.05) is 16.2 Å². The van der Waals surface area contributed by atoms with Crippen LogP contribution in [0.4, 0.5) is 0 Å². The molecule has 49 heavy (non-hydrogen) atoms. The third kappa shape index (κ3) is 4.40. The van der Waals surface area contributed by atoms with Crippen molar-refractivity contribution in [1.82, 2.24) is 0 Å². The third-order valence-corrected chi connectivity index (χ3v) is 9.46. The number of hydrogen-bond acceptors (Lipinski definition) is 1. The molecular weight excluding hydrogens is 593 g/mol. The monoisotopic (exact) mass is 630 g/mol. The summed E-state index contributed by atoms with van der Waals surface area (Å²) in [7, 11) is 0. The Hall–Kier alpha value is -6.44. The van der Waals surface area contributed by atoms with Gasteiger partial charge in [-0.05, 0) is 95.7 Å². The Morgan fingerprint density at radius 1 is 0.388 bits per heavy atom. The first kappa shape index (κ1) is 20.7. The van der Waals surface area contributed by atoms with Crippen LogP contribution in [0.1, 0.15) is 11.0 Å². The summed E-state index contributed by atoms with van der Waals surface area (Å²) in [6.07, 6.45) is 0. The van der Waals surface area contributed by atoms with E-state index in [4.69, 9.17) is 11.3 Å². The zero-order chi connectivity index (χ0) is 39.3. The molecule has 1 heterocycles. The maximum Gasteiger partial charge on any atom is 0.143 e. The second-order valence-corrected chi connectivity index (χ2v) is 12.2. The highest BCUT2D eigenvalue weighted by atomic mass is 16.3. The van der Waals surface area contributed by atoms with Gasteiger partial charge in [0.2, 0.25) is 0 Å². The lowest BCUT2D eigenvalue weighted by Crippen LogP contribution is -1.92. The molecular formula is C48H30O. The second-order valence-electron chi connectivity index (χ2n) is 12.2. The molecule has 0 amide bonds. The first-order valence-electron chi connectivity index (χ1n) is 20.2. The summed E-state index contributed by atoms with van der Waals surface area (Å²) >= 11 is 0. The Morgan fingerprint density at radius 2 is 1.02 bits per heavy atom. The molecule has 0 radical (unpaired) electrons. The van der Waals surface area contributed by atoms with E-state index in [1.165, 1.54) is 0 Å². The lowest BCUT2D eigenvalue weighted by molar-refractivity contribution is 0.672. The van der Waals surface area contributed by atoms with Crippen LogP contribution in [0.25, 0.3) is 98.8 Å². The number of rotatable bonds is 4. The van der Waals surface area contributed by atoms with E-state index >= 15 is 0 Å². The summed E-state index contributed by atoms with van der Waals surface area (Å²) < 4.78 is 78.3. The van der Waals surface area contributed by atoms with Crippen LogP contribution in [-0.2, 0) is 0 Å². The molecule has 228 valence electrons. The largest absolute Gasteiger partial charge is 0.455 e. The molecule has 0 aliphatic carbocycles. The van der Waals surface area contributed by atoms with Crippen molar-refractivity contribution < 1.29 is 15.4 Å². The van der Waals surface area contributed by atoms with Crippen molar-refractivity contribution in [3.8, 4) is 44.5 Å². The van der Waals surface area contributed by atoms with Crippen LogP contribution >= 0.6 is 0 Å². The van der Waals surface area contributed by atoms with Crippen LogP contribution in [0, 0.1) is 0 Å².